The Hall–Kier alpha value is -1.44. The van der Waals surface area contributed by atoms with Gasteiger partial charge in [-0.1, -0.05) is 31.5 Å². The van der Waals surface area contributed by atoms with Crippen LogP contribution >= 0.6 is 0 Å². The summed E-state index contributed by atoms with van der Waals surface area (Å²) in [6, 6.07) is 7.83. The third kappa shape index (κ3) is 6.24. The summed E-state index contributed by atoms with van der Waals surface area (Å²) in [6.07, 6.45) is 1.35. The zero-order valence-corrected chi connectivity index (χ0v) is 13.1. The summed E-state index contributed by atoms with van der Waals surface area (Å²) < 4.78 is 26.0. The van der Waals surface area contributed by atoms with Crippen molar-refractivity contribution in [1.82, 2.24) is 10.0 Å². The molecule has 118 valence electrons. The number of rotatable bonds is 8. The molecule has 0 aliphatic heterocycles. The number of benzene rings is 1. The van der Waals surface area contributed by atoms with Crippen molar-refractivity contribution in [3.63, 3.8) is 0 Å². The number of hydrogen-bond donors (Lipinski definition) is 3. The summed E-state index contributed by atoms with van der Waals surface area (Å²) in [4.78, 5) is 11.7. The van der Waals surface area contributed by atoms with Gasteiger partial charge in [-0.2, -0.15) is 0 Å². The zero-order valence-electron chi connectivity index (χ0n) is 12.3. The number of hydrogen-bond acceptors (Lipinski definition) is 4. The van der Waals surface area contributed by atoms with Crippen molar-refractivity contribution in [3.05, 3.63) is 30.3 Å². The van der Waals surface area contributed by atoms with Gasteiger partial charge in [0.25, 0.3) is 0 Å². The molecule has 7 heteroatoms. The fourth-order valence-corrected chi connectivity index (χ4v) is 2.83. The first kappa shape index (κ1) is 17.6. The number of aliphatic hydroxyl groups is 1. The van der Waals surface area contributed by atoms with E-state index < -0.39 is 21.5 Å². The molecule has 1 rings (SSSR count). The van der Waals surface area contributed by atoms with E-state index in [1.54, 1.807) is 25.1 Å². The average Bonchev–Trinajstić information content (AvgIpc) is 2.44. The van der Waals surface area contributed by atoms with Crippen LogP contribution in [-0.2, 0) is 14.8 Å². The molecule has 0 aromatic heterocycles. The summed E-state index contributed by atoms with van der Waals surface area (Å²) in [6.45, 7) is 3.29. The maximum Gasteiger partial charge on any atom is 0.241 e. The minimum atomic E-state index is -3.69. The monoisotopic (exact) mass is 314 g/mol. The molecule has 0 radical (unpaired) electrons. The first-order valence-electron chi connectivity index (χ1n) is 6.80. The molecule has 0 saturated heterocycles. The standard InChI is InChI=1S/C14H22N2O4S/c1-3-9-14(2,18)11-15-13(17)10-16-21(19,20)12-7-5-4-6-8-12/h4-8,16,18H,3,9-11H2,1-2H3,(H,15,17). The highest BCUT2D eigenvalue weighted by molar-refractivity contribution is 7.89. The van der Waals surface area contributed by atoms with Crippen LogP contribution in [0.1, 0.15) is 26.7 Å². The van der Waals surface area contributed by atoms with Gasteiger partial charge in [0.05, 0.1) is 17.0 Å². The van der Waals surface area contributed by atoms with Crippen molar-refractivity contribution in [1.29, 1.82) is 0 Å². The molecule has 1 aromatic rings. The van der Waals surface area contributed by atoms with Crippen LogP contribution in [0.15, 0.2) is 35.2 Å². The number of carbonyl (C=O) groups is 1. The molecule has 0 aliphatic carbocycles. The van der Waals surface area contributed by atoms with Gasteiger partial charge in [-0.25, -0.2) is 13.1 Å². The lowest BCUT2D eigenvalue weighted by Gasteiger charge is -2.22. The second kappa shape index (κ2) is 7.53. The topological polar surface area (TPSA) is 95.5 Å². The normalized spacial score (nSPS) is 14.4. The molecule has 1 aromatic carbocycles. The molecule has 1 amide bonds. The maximum atomic E-state index is 11.9. The number of nitrogens with one attached hydrogen (secondary N) is 2. The van der Waals surface area contributed by atoms with Gasteiger partial charge in [0.1, 0.15) is 0 Å². The first-order chi connectivity index (χ1) is 9.77. The minimum absolute atomic E-state index is 0.0900. The van der Waals surface area contributed by atoms with E-state index in [9.17, 15) is 18.3 Å². The Bertz CT molecular complexity index is 556. The van der Waals surface area contributed by atoms with Gasteiger partial charge in [0.15, 0.2) is 0 Å². The van der Waals surface area contributed by atoms with Crippen molar-refractivity contribution in [2.24, 2.45) is 0 Å². The van der Waals surface area contributed by atoms with Gasteiger partial charge in [0, 0.05) is 6.54 Å². The van der Waals surface area contributed by atoms with E-state index in [0.717, 1.165) is 6.42 Å². The number of sulfonamides is 1. The molecule has 1 unspecified atom stereocenters. The highest BCUT2D eigenvalue weighted by atomic mass is 32.2. The van der Waals surface area contributed by atoms with E-state index >= 15 is 0 Å². The maximum absolute atomic E-state index is 11.9. The van der Waals surface area contributed by atoms with Crippen molar-refractivity contribution < 1.29 is 18.3 Å². The lowest BCUT2D eigenvalue weighted by atomic mass is 10.0. The molecule has 0 aliphatic rings. The summed E-state index contributed by atoms with van der Waals surface area (Å²) in [5.41, 5.74) is -0.983. The third-order valence-corrected chi connectivity index (χ3v) is 4.35. The lowest BCUT2D eigenvalue weighted by molar-refractivity contribution is -0.121. The van der Waals surface area contributed by atoms with Gasteiger partial charge in [-0.15, -0.1) is 0 Å². The van der Waals surface area contributed by atoms with Gasteiger partial charge in [-0.05, 0) is 25.5 Å². The molecule has 0 fully saturated rings. The average molecular weight is 314 g/mol. The second-order valence-electron chi connectivity index (χ2n) is 5.16. The van der Waals surface area contributed by atoms with Gasteiger partial charge >= 0.3 is 0 Å². The fourth-order valence-electron chi connectivity index (χ4n) is 1.82. The third-order valence-electron chi connectivity index (χ3n) is 2.93. The predicted molar refractivity (Wildman–Crippen MR) is 80.2 cm³/mol. The van der Waals surface area contributed by atoms with E-state index in [0.29, 0.717) is 6.42 Å². The molecular weight excluding hydrogens is 292 g/mol. The molecule has 0 spiro atoms. The lowest BCUT2D eigenvalue weighted by Crippen LogP contribution is -2.44. The van der Waals surface area contributed by atoms with Crippen LogP contribution in [0, 0.1) is 0 Å². The van der Waals surface area contributed by atoms with E-state index in [-0.39, 0.29) is 18.0 Å². The van der Waals surface area contributed by atoms with Crippen molar-refractivity contribution >= 4 is 15.9 Å². The van der Waals surface area contributed by atoms with Crippen LogP contribution < -0.4 is 10.0 Å². The first-order valence-corrected chi connectivity index (χ1v) is 8.29. The van der Waals surface area contributed by atoms with Crippen molar-refractivity contribution in [2.75, 3.05) is 13.1 Å². The number of carbonyl (C=O) groups excluding carboxylic acids is 1. The van der Waals surface area contributed by atoms with E-state index in [1.807, 2.05) is 6.92 Å². The van der Waals surface area contributed by atoms with Crippen LogP contribution in [0.25, 0.3) is 0 Å². The number of amides is 1. The molecule has 0 saturated carbocycles. The molecule has 1 atom stereocenters. The second-order valence-corrected chi connectivity index (χ2v) is 6.93. The van der Waals surface area contributed by atoms with Gasteiger partial charge in [0.2, 0.25) is 15.9 Å². The molecule has 6 nitrogen and oxygen atoms in total. The molecule has 21 heavy (non-hydrogen) atoms. The Morgan fingerprint density at radius 2 is 1.90 bits per heavy atom. The van der Waals surface area contributed by atoms with E-state index in [4.69, 9.17) is 0 Å². The Morgan fingerprint density at radius 3 is 2.48 bits per heavy atom. The zero-order chi connectivity index (χ0) is 15.9. The largest absolute Gasteiger partial charge is 0.388 e. The highest BCUT2D eigenvalue weighted by Crippen LogP contribution is 2.10. The van der Waals surface area contributed by atoms with Crippen LogP contribution in [0.4, 0.5) is 0 Å². The minimum Gasteiger partial charge on any atom is -0.388 e. The summed E-state index contributed by atoms with van der Waals surface area (Å²) in [5, 5.41) is 12.4. The Morgan fingerprint density at radius 1 is 1.29 bits per heavy atom. The van der Waals surface area contributed by atoms with Crippen molar-refractivity contribution in [2.45, 2.75) is 37.2 Å². The Labute approximate surface area is 125 Å². The van der Waals surface area contributed by atoms with Crippen LogP contribution in [0.5, 0.6) is 0 Å². The highest BCUT2D eigenvalue weighted by Gasteiger charge is 2.20. The fraction of sp³-hybridized carbons (Fsp3) is 0.500. The van der Waals surface area contributed by atoms with Crippen LogP contribution in [0.2, 0.25) is 0 Å². The molecule has 0 bridgehead atoms. The molecular formula is C14H22N2O4S. The van der Waals surface area contributed by atoms with Gasteiger partial charge in [-0.3, -0.25) is 4.79 Å². The van der Waals surface area contributed by atoms with Gasteiger partial charge < -0.3 is 10.4 Å². The van der Waals surface area contributed by atoms with E-state index in [1.165, 1.54) is 12.1 Å². The van der Waals surface area contributed by atoms with Crippen molar-refractivity contribution in [3.8, 4) is 0 Å². The predicted octanol–water partition coefficient (Wildman–Crippen LogP) is 0.632. The van der Waals surface area contributed by atoms with E-state index in [2.05, 4.69) is 10.0 Å². The SMILES string of the molecule is CCCC(C)(O)CNC(=O)CNS(=O)(=O)c1ccccc1. The molecule has 3 N–H and O–H groups in total. The quantitative estimate of drug-likeness (QED) is 0.656. The summed E-state index contributed by atoms with van der Waals surface area (Å²) in [5.74, 6) is -0.481. The van der Waals surface area contributed by atoms with Crippen LogP contribution in [-0.4, -0.2) is 38.1 Å². The Kier molecular flexibility index (Phi) is 6.32. The van der Waals surface area contributed by atoms with Crippen LogP contribution in [0.3, 0.4) is 0 Å². The molecule has 0 heterocycles. The summed E-state index contributed by atoms with van der Waals surface area (Å²) in [7, 11) is -3.69. The smallest absolute Gasteiger partial charge is 0.241 e. The summed E-state index contributed by atoms with van der Waals surface area (Å²) >= 11 is 0. The Balaban J connectivity index is 2.47.